The van der Waals surface area contributed by atoms with Crippen molar-refractivity contribution in [2.24, 2.45) is 10.8 Å². The first-order valence-electron chi connectivity index (χ1n) is 3.95. The van der Waals surface area contributed by atoms with E-state index in [0.717, 1.165) is 11.3 Å². The summed E-state index contributed by atoms with van der Waals surface area (Å²) in [4.78, 5) is 0. The summed E-state index contributed by atoms with van der Waals surface area (Å²) in [7, 11) is 0. The zero-order valence-corrected chi connectivity index (χ0v) is 9.19. The minimum atomic E-state index is 0.151. The van der Waals surface area contributed by atoms with Crippen LogP contribution >= 0.6 is 23.8 Å². The zero-order valence-electron chi connectivity index (χ0n) is 7.62. The number of halogens is 1. The molecule has 5 heteroatoms. The molecule has 3 nitrogen and oxygen atoms in total. The van der Waals surface area contributed by atoms with Gasteiger partial charge < -0.3 is 5.73 Å². The lowest BCUT2D eigenvalue weighted by Crippen LogP contribution is -2.25. The van der Waals surface area contributed by atoms with Gasteiger partial charge in [0.1, 0.15) is 0 Å². The standard InChI is InChI=1S/C9H10ClN3S/c1-6(12-13-9(11)14)7-2-4-8(10)5-3-7/h2-5H,1H3,(H3,11,13,14)/b12-6+. The Kier molecular flexibility index (Phi) is 3.85. The number of benzene rings is 1. The van der Waals surface area contributed by atoms with Crippen LogP contribution in [0.15, 0.2) is 29.4 Å². The van der Waals surface area contributed by atoms with Crippen molar-refractivity contribution in [3.8, 4) is 0 Å². The molecule has 0 radical (unpaired) electrons. The zero-order chi connectivity index (χ0) is 10.6. The summed E-state index contributed by atoms with van der Waals surface area (Å²) in [5.74, 6) is 0. The van der Waals surface area contributed by atoms with E-state index < -0.39 is 0 Å². The molecule has 1 rings (SSSR count). The van der Waals surface area contributed by atoms with Crippen molar-refractivity contribution in [3.05, 3.63) is 34.9 Å². The molecule has 0 aliphatic carbocycles. The summed E-state index contributed by atoms with van der Waals surface area (Å²) in [6.45, 7) is 1.86. The Hall–Kier alpha value is -1.13. The third-order valence-electron chi connectivity index (χ3n) is 1.60. The molecule has 0 heterocycles. The smallest absolute Gasteiger partial charge is 0.184 e. The molecule has 0 aromatic heterocycles. The van der Waals surface area contributed by atoms with Crippen LogP contribution in [0, 0.1) is 0 Å². The Morgan fingerprint density at radius 2 is 2.00 bits per heavy atom. The Morgan fingerprint density at radius 3 is 2.50 bits per heavy atom. The molecule has 0 spiro atoms. The van der Waals surface area contributed by atoms with Crippen LogP contribution in [0.25, 0.3) is 0 Å². The normalized spacial score (nSPS) is 11.1. The lowest BCUT2D eigenvalue weighted by Gasteiger charge is -2.01. The molecule has 0 aliphatic heterocycles. The van der Waals surface area contributed by atoms with Crippen molar-refractivity contribution >= 4 is 34.6 Å². The number of nitrogens with one attached hydrogen (secondary N) is 1. The largest absolute Gasteiger partial charge is 0.375 e. The molecule has 0 bridgehead atoms. The van der Waals surface area contributed by atoms with Crippen LogP contribution in [0.5, 0.6) is 0 Å². The molecule has 0 atom stereocenters. The lowest BCUT2D eigenvalue weighted by molar-refractivity contribution is 1.03. The maximum Gasteiger partial charge on any atom is 0.184 e. The second-order valence-corrected chi connectivity index (χ2v) is 3.56. The van der Waals surface area contributed by atoms with Gasteiger partial charge in [0.05, 0.1) is 5.71 Å². The number of hydrogen-bond donors (Lipinski definition) is 2. The third-order valence-corrected chi connectivity index (χ3v) is 1.94. The highest BCUT2D eigenvalue weighted by Crippen LogP contribution is 2.09. The molecule has 74 valence electrons. The van der Waals surface area contributed by atoms with Gasteiger partial charge in [0.2, 0.25) is 0 Å². The summed E-state index contributed by atoms with van der Waals surface area (Å²) >= 11 is 10.4. The van der Waals surface area contributed by atoms with Crippen molar-refractivity contribution in [3.63, 3.8) is 0 Å². The van der Waals surface area contributed by atoms with E-state index in [1.54, 1.807) is 12.1 Å². The van der Waals surface area contributed by atoms with E-state index in [1.807, 2.05) is 19.1 Å². The van der Waals surface area contributed by atoms with Crippen LogP contribution < -0.4 is 11.2 Å². The minimum absolute atomic E-state index is 0.151. The van der Waals surface area contributed by atoms with Gasteiger partial charge in [-0.05, 0) is 36.8 Å². The summed E-state index contributed by atoms with van der Waals surface area (Å²) in [6, 6.07) is 7.36. The molecule has 1 aromatic rings. The molecule has 0 amide bonds. The molecular weight excluding hydrogens is 218 g/mol. The van der Waals surface area contributed by atoms with E-state index in [4.69, 9.17) is 17.3 Å². The summed E-state index contributed by atoms with van der Waals surface area (Å²) < 4.78 is 0. The predicted octanol–water partition coefficient (Wildman–Crippen LogP) is 1.90. The van der Waals surface area contributed by atoms with E-state index in [-0.39, 0.29) is 5.11 Å². The molecule has 0 saturated heterocycles. The summed E-state index contributed by atoms with van der Waals surface area (Å²) in [5, 5.41) is 4.83. The maximum absolute atomic E-state index is 5.75. The Bertz CT molecular complexity index is 359. The number of rotatable bonds is 2. The number of thiocarbonyl (C=S) groups is 1. The number of hydrazone groups is 1. The molecule has 14 heavy (non-hydrogen) atoms. The highest BCUT2D eigenvalue weighted by Gasteiger charge is 1.96. The molecule has 1 aromatic carbocycles. The van der Waals surface area contributed by atoms with Crippen molar-refractivity contribution in [2.45, 2.75) is 6.92 Å². The Balaban J connectivity index is 2.78. The maximum atomic E-state index is 5.75. The number of nitrogens with two attached hydrogens (primary N) is 1. The van der Waals surface area contributed by atoms with Crippen LogP contribution in [0.3, 0.4) is 0 Å². The summed E-state index contributed by atoms with van der Waals surface area (Å²) in [6.07, 6.45) is 0. The van der Waals surface area contributed by atoms with Crippen LogP contribution in [0.4, 0.5) is 0 Å². The fourth-order valence-corrected chi connectivity index (χ4v) is 1.07. The fourth-order valence-electron chi connectivity index (χ4n) is 0.895. The SMILES string of the molecule is C/C(=N\NC(N)=S)c1ccc(Cl)cc1. The third kappa shape index (κ3) is 3.32. The fraction of sp³-hybridized carbons (Fsp3) is 0.111. The van der Waals surface area contributed by atoms with Crippen molar-refractivity contribution in [1.29, 1.82) is 0 Å². The van der Waals surface area contributed by atoms with Crippen molar-refractivity contribution in [1.82, 2.24) is 5.43 Å². The second kappa shape index (κ2) is 4.93. The van der Waals surface area contributed by atoms with Gasteiger partial charge in [-0.2, -0.15) is 5.10 Å². The van der Waals surface area contributed by atoms with Gasteiger partial charge in [-0.25, -0.2) is 0 Å². The molecule has 0 unspecified atom stereocenters. The Morgan fingerprint density at radius 1 is 1.43 bits per heavy atom. The van der Waals surface area contributed by atoms with Gasteiger partial charge in [0.25, 0.3) is 0 Å². The van der Waals surface area contributed by atoms with E-state index >= 15 is 0 Å². The Labute approximate surface area is 92.9 Å². The first-order chi connectivity index (χ1) is 6.59. The summed E-state index contributed by atoms with van der Waals surface area (Å²) in [5.41, 5.74) is 9.53. The highest BCUT2D eigenvalue weighted by molar-refractivity contribution is 7.80. The molecule has 0 saturated carbocycles. The first-order valence-corrected chi connectivity index (χ1v) is 4.74. The molecule has 3 N–H and O–H groups in total. The number of hydrogen-bond acceptors (Lipinski definition) is 2. The quantitative estimate of drug-likeness (QED) is 0.461. The van der Waals surface area contributed by atoms with E-state index in [0.29, 0.717) is 5.02 Å². The van der Waals surface area contributed by atoms with Gasteiger partial charge in [0.15, 0.2) is 5.11 Å². The lowest BCUT2D eigenvalue weighted by atomic mass is 10.1. The van der Waals surface area contributed by atoms with Crippen LogP contribution in [-0.4, -0.2) is 10.8 Å². The van der Waals surface area contributed by atoms with Gasteiger partial charge in [0, 0.05) is 5.02 Å². The van der Waals surface area contributed by atoms with Gasteiger partial charge in [-0.1, -0.05) is 23.7 Å². The average molecular weight is 228 g/mol. The average Bonchev–Trinajstić information content (AvgIpc) is 2.15. The van der Waals surface area contributed by atoms with Crippen molar-refractivity contribution < 1.29 is 0 Å². The van der Waals surface area contributed by atoms with E-state index in [1.165, 1.54) is 0 Å². The van der Waals surface area contributed by atoms with Crippen LogP contribution in [0.1, 0.15) is 12.5 Å². The molecule has 0 fully saturated rings. The van der Waals surface area contributed by atoms with Crippen LogP contribution in [0.2, 0.25) is 5.02 Å². The van der Waals surface area contributed by atoms with Crippen LogP contribution in [-0.2, 0) is 0 Å². The van der Waals surface area contributed by atoms with Gasteiger partial charge in [-0.3, -0.25) is 5.43 Å². The number of nitrogens with zero attached hydrogens (tertiary/aromatic N) is 1. The minimum Gasteiger partial charge on any atom is -0.375 e. The second-order valence-electron chi connectivity index (χ2n) is 2.68. The molecular formula is C9H10ClN3S. The first kappa shape index (κ1) is 10.9. The van der Waals surface area contributed by atoms with E-state index in [9.17, 15) is 0 Å². The van der Waals surface area contributed by atoms with Gasteiger partial charge in [-0.15, -0.1) is 0 Å². The molecule has 0 aliphatic rings. The predicted molar refractivity (Wildman–Crippen MR) is 63.6 cm³/mol. The topological polar surface area (TPSA) is 50.4 Å². The van der Waals surface area contributed by atoms with Gasteiger partial charge >= 0.3 is 0 Å². The van der Waals surface area contributed by atoms with E-state index in [2.05, 4.69) is 22.7 Å². The van der Waals surface area contributed by atoms with Crippen molar-refractivity contribution in [2.75, 3.05) is 0 Å². The highest BCUT2D eigenvalue weighted by atomic mass is 35.5. The monoisotopic (exact) mass is 227 g/mol.